The van der Waals surface area contributed by atoms with Gasteiger partial charge >= 0.3 is 0 Å². The molecule has 23 heavy (non-hydrogen) atoms. The fourth-order valence-electron chi connectivity index (χ4n) is 2.48. The van der Waals surface area contributed by atoms with Gasteiger partial charge in [0.25, 0.3) is 0 Å². The highest BCUT2D eigenvalue weighted by Crippen LogP contribution is 2.40. The summed E-state index contributed by atoms with van der Waals surface area (Å²) in [5, 5.41) is 0. The van der Waals surface area contributed by atoms with Crippen molar-refractivity contribution >= 4 is 54.2 Å². The Hall–Kier alpha value is -1.56. The third kappa shape index (κ3) is 2.73. The van der Waals surface area contributed by atoms with Crippen molar-refractivity contribution in [1.29, 1.82) is 0 Å². The molecule has 112 valence electrons. The Balaban J connectivity index is 2.08. The van der Waals surface area contributed by atoms with E-state index < -0.39 is 0 Å². The number of benzene rings is 2. The highest BCUT2D eigenvalue weighted by molar-refractivity contribution is 9.12. The minimum atomic E-state index is 0.889. The molecule has 0 amide bonds. The van der Waals surface area contributed by atoms with Crippen LogP contribution in [0.5, 0.6) is 0 Å². The minimum Gasteiger partial charge on any atom is -0.242 e. The SMILES string of the molecule is Brc1sc(Br)c2nc(-c3ccccc3)c(-c3ccccc3)nc12. The predicted molar refractivity (Wildman–Crippen MR) is 104 cm³/mol. The number of hydrogen-bond acceptors (Lipinski definition) is 3. The Bertz CT molecular complexity index is 903. The summed E-state index contributed by atoms with van der Waals surface area (Å²) in [5.41, 5.74) is 5.70. The van der Waals surface area contributed by atoms with Crippen LogP contribution in [0.4, 0.5) is 0 Å². The zero-order valence-electron chi connectivity index (χ0n) is 11.8. The molecule has 4 rings (SSSR count). The molecule has 4 aromatic rings. The van der Waals surface area contributed by atoms with E-state index in [4.69, 9.17) is 9.97 Å². The van der Waals surface area contributed by atoms with E-state index in [1.54, 1.807) is 11.3 Å². The lowest BCUT2D eigenvalue weighted by molar-refractivity contribution is 1.30. The Labute approximate surface area is 154 Å². The highest BCUT2D eigenvalue weighted by Gasteiger charge is 2.17. The van der Waals surface area contributed by atoms with Gasteiger partial charge in [0, 0.05) is 11.1 Å². The lowest BCUT2D eigenvalue weighted by Gasteiger charge is -2.09. The number of halogens is 2. The molecule has 0 aliphatic rings. The molecule has 2 aromatic carbocycles. The molecule has 0 unspecified atom stereocenters. The third-order valence-electron chi connectivity index (χ3n) is 3.54. The van der Waals surface area contributed by atoms with Crippen molar-refractivity contribution in [3.05, 3.63) is 68.2 Å². The number of aromatic nitrogens is 2. The lowest BCUT2D eigenvalue weighted by atomic mass is 10.0. The normalized spacial score (nSPS) is 11.0. The van der Waals surface area contributed by atoms with E-state index in [1.165, 1.54) is 0 Å². The van der Waals surface area contributed by atoms with Crippen LogP contribution in [-0.2, 0) is 0 Å². The Morgan fingerprint density at radius 1 is 0.609 bits per heavy atom. The van der Waals surface area contributed by atoms with Crippen molar-refractivity contribution in [2.75, 3.05) is 0 Å². The van der Waals surface area contributed by atoms with Crippen LogP contribution in [0.25, 0.3) is 33.5 Å². The van der Waals surface area contributed by atoms with Gasteiger partial charge in [0.2, 0.25) is 0 Å². The van der Waals surface area contributed by atoms with E-state index >= 15 is 0 Å². The first-order chi connectivity index (χ1) is 11.2. The fourth-order valence-corrected chi connectivity index (χ4v) is 5.29. The predicted octanol–water partition coefficient (Wildman–Crippen LogP) is 6.55. The summed E-state index contributed by atoms with van der Waals surface area (Å²) in [6.07, 6.45) is 0. The van der Waals surface area contributed by atoms with Crippen molar-refractivity contribution in [3.8, 4) is 22.5 Å². The first-order valence-corrected chi connectivity index (χ1v) is 9.40. The summed E-state index contributed by atoms with van der Waals surface area (Å²) in [5.74, 6) is 0. The molecular weight excluding hydrogens is 436 g/mol. The van der Waals surface area contributed by atoms with E-state index in [-0.39, 0.29) is 0 Å². The average Bonchev–Trinajstić information content (AvgIpc) is 2.89. The summed E-state index contributed by atoms with van der Waals surface area (Å²) < 4.78 is 1.98. The fraction of sp³-hybridized carbons (Fsp3) is 0. The van der Waals surface area contributed by atoms with E-state index in [9.17, 15) is 0 Å². The summed E-state index contributed by atoms with van der Waals surface area (Å²) in [7, 11) is 0. The first-order valence-electron chi connectivity index (χ1n) is 7.00. The van der Waals surface area contributed by atoms with Crippen LogP contribution in [0.15, 0.2) is 68.2 Å². The van der Waals surface area contributed by atoms with E-state index in [1.807, 2.05) is 36.4 Å². The van der Waals surface area contributed by atoms with Crippen LogP contribution < -0.4 is 0 Å². The van der Waals surface area contributed by atoms with Gasteiger partial charge in [-0.2, -0.15) is 0 Å². The van der Waals surface area contributed by atoms with Gasteiger partial charge in [0.05, 0.1) is 19.0 Å². The van der Waals surface area contributed by atoms with Crippen molar-refractivity contribution < 1.29 is 0 Å². The van der Waals surface area contributed by atoms with Crippen LogP contribution in [0.3, 0.4) is 0 Å². The highest BCUT2D eigenvalue weighted by atomic mass is 79.9. The molecule has 2 aromatic heterocycles. The van der Waals surface area contributed by atoms with Gasteiger partial charge < -0.3 is 0 Å². The van der Waals surface area contributed by atoms with Gasteiger partial charge in [-0.3, -0.25) is 0 Å². The number of nitrogens with zero attached hydrogens (tertiary/aromatic N) is 2. The number of hydrogen-bond donors (Lipinski definition) is 0. The molecule has 0 aliphatic carbocycles. The molecule has 2 nitrogen and oxygen atoms in total. The molecule has 0 N–H and O–H groups in total. The molecule has 0 aliphatic heterocycles. The number of fused-ring (bicyclic) bond motifs is 1. The van der Waals surface area contributed by atoms with Crippen molar-refractivity contribution in [2.45, 2.75) is 0 Å². The molecule has 0 spiro atoms. The van der Waals surface area contributed by atoms with E-state index in [2.05, 4.69) is 56.1 Å². The topological polar surface area (TPSA) is 25.8 Å². The molecule has 0 saturated heterocycles. The van der Waals surface area contributed by atoms with Gasteiger partial charge in [0.15, 0.2) is 0 Å². The monoisotopic (exact) mass is 444 g/mol. The maximum atomic E-state index is 4.91. The summed E-state index contributed by atoms with van der Waals surface area (Å²) in [6.45, 7) is 0. The number of rotatable bonds is 2. The Kier molecular flexibility index (Phi) is 4.01. The van der Waals surface area contributed by atoms with Gasteiger partial charge in [-0.15, -0.1) is 11.3 Å². The van der Waals surface area contributed by atoms with Gasteiger partial charge in [-0.05, 0) is 31.9 Å². The quantitative estimate of drug-likeness (QED) is 0.349. The second-order valence-corrected chi connectivity index (χ2v) is 8.66. The molecule has 0 fully saturated rings. The summed E-state index contributed by atoms with van der Waals surface area (Å²) >= 11 is 8.78. The standard InChI is InChI=1S/C18H10Br2N2S/c19-17-15-16(18(20)23-17)22-14(12-9-5-2-6-10-12)13(21-15)11-7-3-1-4-8-11/h1-10H. The molecule has 0 bridgehead atoms. The van der Waals surface area contributed by atoms with Crippen LogP contribution in [0, 0.1) is 0 Å². The second-order valence-electron chi connectivity index (χ2n) is 5.00. The van der Waals surface area contributed by atoms with Crippen molar-refractivity contribution in [3.63, 3.8) is 0 Å². The maximum Gasteiger partial charge on any atom is 0.116 e. The Morgan fingerprint density at radius 2 is 1.00 bits per heavy atom. The average molecular weight is 446 g/mol. The third-order valence-corrected chi connectivity index (χ3v) is 6.01. The molecule has 5 heteroatoms. The van der Waals surface area contributed by atoms with E-state index in [0.29, 0.717) is 0 Å². The van der Waals surface area contributed by atoms with Crippen molar-refractivity contribution in [2.24, 2.45) is 0 Å². The minimum absolute atomic E-state index is 0.889. The summed E-state index contributed by atoms with van der Waals surface area (Å²) in [4.78, 5) is 9.83. The zero-order valence-corrected chi connectivity index (χ0v) is 15.8. The molecule has 0 saturated carbocycles. The lowest BCUT2D eigenvalue weighted by Crippen LogP contribution is -1.94. The van der Waals surface area contributed by atoms with Crippen molar-refractivity contribution in [1.82, 2.24) is 9.97 Å². The van der Waals surface area contributed by atoms with Crippen LogP contribution >= 0.6 is 43.2 Å². The van der Waals surface area contributed by atoms with E-state index in [0.717, 1.165) is 41.1 Å². The van der Waals surface area contributed by atoms with Gasteiger partial charge in [0.1, 0.15) is 11.0 Å². The Morgan fingerprint density at radius 3 is 1.39 bits per heavy atom. The van der Waals surface area contributed by atoms with Crippen LogP contribution in [0.2, 0.25) is 0 Å². The van der Waals surface area contributed by atoms with Crippen LogP contribution in [-0.4, -0.2) is 9.97 Å². The van der Waals surface area contributed by atoms with Crippen LogP contribution in [0.1, 0.15) is 0 Å². The van der Waals surface area contributed by atoms with Gasteiger partial charge in [-0.25, -0.2) is 9.97 Å². The molecule has 0 radical (unpaired) electrons. The van der Waals surface area contributed by atoms with Gasteiger partial charge in [-0.1, -0.05) is 60.7 Å². The molecule has 0 atom stereocenters. The smallest absolute Gasteiger partial charge is 0.116 e. The number of thiophene rings is 1. The maximum absolute atomic E-state index is 4.91. The molecular formula is C18H10Br2N2S. The zero-order chi connectivity index (χ0) is 15.8. The largest absolute Gasteiger partial charge is 0.242 e. The molecule has 2 heterocycles. The second kappa shape index (κ2) is 6.15. The summed E-state index contributed by atoms with van der Waals surface area (Å²) in [6, 6.07) is 20.4. The first kappa shape index (κ1) is 15.0.